The van der Waals surface area contributed by atoms with Crippen molar-refractivity contribution in [2.75, 3.05) is 38.7 Å². The van der Waals surface area contributed by atoms with E-state index in [1.807, 2.05) is 31.2 Å². The van der Waals surface area contributed by atoms with Crippen LogP contribution in [0.5, 0.6) is 17.2 Å². The third-order valence-corrected chi connectivity index (χ3v) is 7.59. The number of hydrogen-bond acceptors (Lipinski definition) is 6. The Bertz CT molecular complexity index is 1320. The van der Waals surface area contributed by atoms with E-state index in [1.165, 1.54) is 29.6 Å². The predicted molar refractivity (Wildman–Crippen MR) is 133 cm³/mol. The van der Waals surface area contributed by atoms with Gasteiger partial charge in [-0.15, -0.1) is 0 Å². The molecule has 8 nitrogen and oxygen atoms in total. The zero-order valence-corrected chi connectivity index (χ0v) is 20.9. The molecule has 0 unspecified atom stereocenters. The van der Waals surface area contributed by atoms with Gasteiger partial charge >= 0.3 is 0 Å². The first kappa shape index (κ1) is 25.0. The Hall–Kier alpha value is -3.11. The fraction of sp³-hybridized carbons (Fsp3) is 0.240. The minimum atomic E-state index is -3.80. The highest BCUT2D eigenvalue weighted by molar-refractivity contribution is 7.89. The summed E-state index contributed by atoms with van der Waals surface area (Å²) in [6, 6.07) is 16.5. The van der Waals surface area contributed by atoms with E-state index in [0.29, 0.717) is 35.4 Å². The molecule has 1 heterocycles. The molecular weight excluding hydrogens is 492 g/mol. The molecule has 1 saturated heterocycles. The van der Waals surface area contributed by atoms with Crippen molar-refractivity contribution in [3.63, 3.8) is 0 Å². The van der Waals surface area contributed by atoms with Crippen LogP contribution in [0, 0.1) is 6.92 Å². The molecule has 0 aliphatic carbocycles. The molecule has 1 aliphatic heterocycles. The summed E-state index contributed by atoms with van der Waals surface area (Å²) in [7, 11) is -2.39. The van der Waals surface area contributed by atoms with E-state index < -0.39 is 15.9 Å². The van der Waals surface area contributed by atoms with E-state index in [1.54, 1.807) is 18.2 Å². The molecule has 4 rings (SSSR count). The average molecular weight is 517 g/mol. The first-order valence-corrected chi connectivity index (χ1v) is 12.7. The van der Waals surface area contributed by atoms with Gasteiger partial charge in [0, 0.05) is 18.1 Å². The third-order valence-electron chi connectivity index (χ3n) is 5.46. The van der Waals surface area contributed by atoms with Gasteiger partial charge < -0.3 is 19.5 Å². The van der Waals surface area contributed by atoms with E-state index in [2.05, 4.69) is 5.32 Å². The Morgan fingerprint density at radius 3 is 2.37 bits per heavy atom. The molecule has 184 valence electrons. The molecular formula is C25H25ClN2O6S. The van der Waals surface area contributed by atoms with Crippen LogP contribution in [0.25, 0.3) is 0 Å². The van der Waals surface area contributed by atoms with Gasteiger partial charge in [0.2, 0.25) is 10.0 Å². The Kier molecular flexibility index (Phi) is 7.61. The second kappa shape index (κ2) is 10.7. The minimum absolute atomic E-state index is 0.00688. The molecule has 0 aromatic heterocycles. The second-order valence-electron chi connectivity index (χ2n) is 7.89. The monoisotopic (exact) mass is 516 g/mol. The molecule has 3 aromatic carbocycles. The molecule has 0 radical (unpaired) electrons. The van der Waals surface area contributed by atoms with E-state index in [4.69, 9.17) is 25.8 Å². The highest BCUT2D eigenvalue weighted by atomic mass is 35.5. The van der Waals surface area contributed by atoms with E-state index in [0.717, 1.165) is 5.56 Å². The number of hydrogen-bond donors (Lipinski definition) is 1. The Labute approximate surface area is 209 Å². The van der Waals surface area contributed by atoms with Crippen molar-refractivity contribution < 1.29 is 27.4 Å². The molecule has 0 spiro atoms. The van der Waals surface area contributed by atoms with Crippen LogP contribution in [-0.4, -0.2) is 52.0 Å². The van der Waals surface area contributed by atoms with Crippen LogP contribution in [0.15, 0.2) is 65.6 Å². The molecule has 1 aliphatic rings. The van der Waals surface area contributed by atoms with Gasteiger partial charge in [0.1, 0.15) is 11.5 Å². The lowest BCUT2D eigenvalue weighted by atomic mass is 10.1. The topological polar surface area (TPSA) is 94.2 Å². The summed E-state index contributed by atoms with van der Waals surface area (Å²) in [5.41, 5.74) is 1.47. The van der Waals surface area contributed by atoms with Crippen LogP contribution in [0.4, 0.5) is 5.69 Å². The molecule has 1 fully saturated rings. The number of anilines is 1. The number of halogens is 1. The zero-order chi connectivity index (χ0) is 25.0. The average Bonchev–Trinajstić information content (AvgIpc) is 2.87. The molecule has 1 amide bonds. The van der Waals surface area contributed by atoms with Crippen molar-refractivity contribution in [3.8, 4) is 17.2 Å². The number of sulfonamides is 1. The van der Waals surface area contributed by atoms with Gasteiger partial charge in [0.25, 0.3) is 5.91 Å². The van der Waals surface area contributed by atoms with Gasteiger partial charge in [-0.25, -0.2) is 8.42 Å². The Balaban J connectivity index is 1.64. The van der Waals surface area contributed by atoms with Gasteiger partial charge in [-0.1, -0.05) is 29.3 Å². The van der Waals surface area contributed by atoms with Crippen LogP contribution in [0.3, 0.4) is 0 Å². The van der Waals surface area contributed by atoms with E-state index in [-0.39, 0.29) is 29.3 Å². The summed E-state index contributed by atoms with van der Waals surface area (Å²) >= 11 is 6.17. The number of rotatable bonds is 7. The van der Waals surface area contributed by atoms with Crippen molar-refractivity contribution in [2.45, 2.75) is 11.8 Å². The molecule has 35 heavy (non-hydrogen) atoms. The smallest absolute Gasteiger partial charge is 0.259 e. The van der Waals surface area contributed by atoms with Crippen LogP contribution in [0.1, 0.15) is 15.9 Å². The maximum Gasteiger partial charge on any atom is 0.259 e. The predicted octanol–water partition coefficient (Wildman–Crippen LogP) is 4.72. The van der Waals surface area contributed by atoms with Gasteiger partial charge in [0.05, 0.1) is 36.5 Å². The number of aryl methyl sites for hydroxylation is 1. The number of nitrogens with zero attached hydrogens (tertiary/aromatic N) is 1. The van der Waals surface area contributed by atoms with Gasteiger partial charge in [-0.2, -0.15) is 4.31 Å². The lowest BCUT2D eigenvalue weighted by molar-refractivity contribution is 0.0730. The number of carbonyl (C=O) groups excluding carboxylic acids is 1. The fourth-order valence-electron chi connectivity index (χ4n) is 3.57. The lowest BCUT2D eigenvalue weighted by Gasteiger charge is -2.26. The number of amides is 1. The Morgan fingerprint density at radius 1 is 1.00 bits per heavy atom. The van der Waals surface area contributed by atoms with E-state index >= 15 is 0 Å². The third kappa shape index (κ3) is 5.76. The number of benzene rings is 3. The van der Waals surface area contributed by atoms with Gasteiger partial charge in [-0.3, -0.25) is 4.79 Å². The molecule has 3 aromatic rings. The standard InChI is InChI=1S/C25H25ClN2O6S/c1-17-3-6-19(7-4-17)34-24-9-5-18(26)15-22(24)27-25(29)21-16-20(8-10-23(21)32-2)35(30,31)28-11-13-33-14-12-28/h3-10,15-16H,11-14H2,1-2H3,(H,27,29). The number of carbonyl (C=O) groups is 1. The quantitative estimate of drug-likeness (QED) is 0.488. The first-order valence-electron chi connectivity index (χ1n) is 10.9. The number of ether oxygens (including phenoxy) is 3. The van der Waals surface area contributed by atoms with Crippen molar-refractivity contribution >= 4 is 33.2 Å². The molecule has 0 saturated carbocycles. The summed E-state index contributed by atoms with van der Waals surface area (Å²) in [6.45, 7) is 3.11. The Morgan fingerprint density at radius 2 is 1.69 bits per heavy atom. The van der Waals surface area contributed by atoms with Crippen molar-refractivity contribution in [1.29, 1.82) is 0 Å². The lowest BCUT2D eigenvalue weighted by Crippen LogP contribution is -2.40. The highest BCUT2D eigenvalue weighted by Crippen LogP contribution is 2.33. The molecule has 1 N–H and O–H groups in total. The SMILES string of the molecule is COc1ccc(S(=O)(=O)N2CCOCC2)cc1C(=O)Nc1cc(Cl)ccc1Oc1ccc(C)cc1. The molecule has 10 heteroatoms. The van der Waals surface area contributed by atoms with Gasteiger partial charge in [-0.05, 0) is 55.5 Å². The first-order chi connectivity index (χ1) is 16.8. The van der Waals surface area contributed by atoms with Crippen LogP contribution < -0.4 is 14.8 Å². The number of methoxy groups -OCH3 is 1. The van der Waals surface area contributed by atoms with Crippen molar-refractivity contribution in [3.05, 3.63) is 76.8 Å². The minimum Gasteiger partial charge on any atom is -0.496 e. The maximum absolute atomic E-state index is 13.3. The number of nitrogens with one attached hydrogen (secondary N) is 1. The maximum atomic E-state index is 13.3. The van der Waals surface area contributed by atoms with E-state index in [9.17, 15) is 13.2 Å². The van der Waals surface area contributed by atoms with Gasteiger partial charge in [0.15, 0.2) is 5.75 Å². The van der Waals surface area contributed by atoms with Crippen LogP contribution in [-0.2, 0) is 14.8 Å². The summed E-state index contributed by atoms with van der Waals surface area (Å²) in [4.78, 5) is 13.3. The summed E-state index contributed by atoms with van der Waals surface area (Å²) in [5.74, 6) is 0.621. The molecule has 0 atom stereocenters. The summed E-state index contributed by atoms with van der Waals surface area (Å²) in [5, 5.41) is 3.17. The summed E-state index contributed by atoms with van der Waals surface area (Å²) < 4.78 is 44.1. The highest BCUT2D eigenvalue weighted by Gasteiger charge is 2.28. The van der Waals surface area contributed by atoms with Crippen molar-refractivity contribution in [2.24, 2.45) is 0 Å². The zero-order valence-electron chi connectivity index (χ0n) is 19.3. The normalized spacial score (nSPS) is 14.4. The summed E-state index contributed by atoms with van der Waals surface area (Å²) in [6.07, 6.45) is 0. The van der Waals surface area contributed by atoms with Crippen LogP contribution in [0.2, 0.25) is 5.02 Å². The number of morpholine rings is 1. The second-order valence-corrected chi connectivity index (χ2v) is 10.3. The fourth-order valence-corrected chi connectivity index (χ4v) is 5.18. The van der Waals surface area contributed by atoms with Crippen LogP contribution >= 0.6 is 11.6 Å². The molecule has 0 bridgehead atoms. The largest absolute Gasteiger partial charge is 0.496 e. The van der Waals surface area contributed by atoms with Crippen molar-refractivity contribution in [1.82, 2.24) is 4.31 Å².